The predicted molar refractivity (Wildman–Crippen MR) is 74.0 cm³/mol. The van der Waals surface area contributed by atoms with Crippen molar-refractivity contribution in [3.63, 3.8) is 0 Å². The number of carbonyl (C=O) groups is 1. The lowest BCUT2D eigenvalue weighted by molar-refractivity contribution is -0.385. The summed E-state index contributed by atoms with van der Waals surface area (Å²) in [6, 6.07) is 9.31. The van der Waals surface area contributed by atoms with E-state index < -0.39 is 16.6 Å². The van der Waals surface area contributed by atoms with E-state index in [0.29, 0.717) is 5.75 Å². The minimum absolute atomic E-state index is 0.0559. The molecule has 0 saturated heterocycles. The molecule has 0 aliphatic carbocycles. The van der Waals surface area contributed by atoms with Crippen molar-refractivity contribution in [3.8, 4) is 5.75 Å². The molecule has 2 aromatic rings. The number of halogens is 1. The van der Waals surface area contributed by atoms with Crippen LogP contribution in [0.2, 0.25) is 0 Å². The number of nitro groups is 1. The number of hydrogen-bond acceptors (Lipinski definition) is 4. The second-order valence-electron chi connectivity index (χ2n) is 4.07. The van der Waals surface area contributed by atoms with Crippen LogP contribution in [0.25, 0.3) is 0 Å². The quantitative estimate of drug-likeness (QED) is 0.693. The van der Waals surface area contributed by atoms with Gasteiger partial charge in [0.15, 0.2) is 0 Å². The molecule has 2 rings (SSSR count). The van der Waals surface area contributed by atoms with Crippen LogP contribution < -0.4 is 10.1 Å². The molecule has 0 saturated carbocycles. The van der Waals surface area contributed by atoms with Crippen LogP contribution in [0.4, 0.5) is 15.8 Å². The Kier molecular flexibility index (Phi) is 4.13. The third kappa shape index (κ3) is 3.14. The van der Waals surface area contributed by atoms with E-state index in [1.165, 1.54) is 37.4 Å². The molecule has 0 radical (unpaired) electrons. The molecule has 1 N–H and O–H groups in total. The van der Waals surface area contributed by atoms with Gasteiger partial charge in [0.2, 0.25) is 0 Å². The van der Waals surface area contributed by atoms with E-state index in [4.69, 9.17) is 4.74 Å². The van der Waals surface area contributed by atoms with Gasteiger partial charge in [0.1, 0.15) is 17.1 Å². The molecule has 1 amide bonds. The first-order valence-electron chi connectivity index (χ1n) is 5.91. The lowest BCUT2D eigenvalue weighted by atomic mass is 10.1. The molecule has 0 aliphatic heterocycles. The number of nitrogens with zero attached hydrogens (tertiary/aromatic N) is 1. The molecule has 0 aliphatic rings. The minimum atomic E-state index is -0.786. The maximum atomic E-state index is 13.5. The Balaban J connectivity index is 2.38. The summed E-state index contributed by atoms with van der Waals surface area (Å²) in [5.41, 5.74) is -0.646. The van der Waals surface area contributed by atoms with E-state index >= 15 is 0 Å². The van der Waals surface area contributed by atoms with Crippen molar-refractivity contribution in [2.24, 2.45) is 0 Å². The lowest BCUT2D eigenvalue weighted by Gasteiger charge is -2.08. The largest absolute Gasteiger partial charge is 0.497 e. The van der Waals surface area contributed by atoms with Crippen molar-refractivity contribution >= 4 is 17.3 Å². The number of carbonyl (C=O) groups excluding carboxylic acids is 1. The second-order valence-corrected chi connectivity index (χ2v) is 4.07. The number of benzene rings is 2. The molecule has 108 valence electrons. The van der Waals surface area contributed by atoms with Crippen LogP contribution in [0.3, 0.4) is 0 Å². The standard InChI is InChI=1S/C14H11FN2O4/c1-21-9-6-7-13(17(19)20)10(8-9)14(18)16-12-5-3-2-4-11(12)15/h2-8H,1H3,(H,16,18). The highest BCUT2D eigenvalue weighted by atomic mass is 19.1. The van der Waals surface area contributed by atoms with Crippen LogP contribution in [0, 0.1) is 15.9 Å². The summed E-state index contributed by atoms with van der Waals surface area (Å²) in [6.45, 7) is 0. The number of hydrogen-bond donors (Lipinski definition) is 1. The van der Waals surface area contributed by atoms with Crippen LogP contribution in [-0.2, 0) is 0 Å². The average Bonchev–Trinajstić information content (AvgIpc) is 2.48. The van der Waals surface area contributed by atoms with Gasteiger partial charge in [0, 0.05) is 6.07 Å². The Morgan fingerprint density at radius 2 is 2.00 bits per heavy atom. The summed E-state index contributed by atoms with van der Waals surface area (Å²) in [7, 11) is 1.37. The number of para-hydroxylation sites is 1. The molecule has 0 aromatic heterocycles. The van der Waals surface area contributed by atoms with Gasteiger partial charge in [0.25, 0.3) is 11.6 Å². The first kappa shape index (κ1) is 14.4. The van der Waals surface area contributed by atoms with E-state index in [1.807, 2.05) is 0 Å². The number of anilines is 1. The number of nitro benzene ring substituents is 1. The summed E-state index contributed by atoms with van der Waals surface area (Å²) in [5.74, 6) is -1.12. The topological polar surface area (TPSA) is 81.5 Å². The molecule has 0 fully saturated rings. The third-order valence-electron chi connectivity index (χ3n) is 2.77. The molecule has 0 heterocycles. The van der Waals surface area contributed by atoms with Crippen molar-refractivity contribution < 1.29 is 18.8 Å². The van der Waals surface area contributed by atoms with E-state index in [9.17, 15) is 19.3 Å². The summed E-state index contributed by atoms with van der Waals surface area (Å²) in [5, 5.41) is 13.3. The third-order valence-corrected chi connectivity index (χ3v) is 2.77. The van der Waals surface area contributed by atoms with E-state index in [2.05, 4.69) is 5.32 Å². The van der Waals surface area contributed by atoms with Crippen LogP contribution in [0.5, 0.6) is 5.75 Å². The average molecular weight is 290 g/mol. The van der Waals surface area contributed by atoms with Crippen LogP contribution >= 0.6 is 0 Å². The van der Waals surface area contributed by atoms with Crippen molar-refractivity contribution in [3.05, 3.63) is 64.0 Å². The van der Waals surface area contributed by atoms with Gasteiger partial charge in [-0.2, -0.15) is 0 Å². The van der Waals surface area contributed by atoms with E-state index in [0.717, 1.165) is 6.07 Å². The van der Waals surface area contributed by atoms with Gasteiger partial charge in [-0.05, 0) is 24.3 Å². The molecule has 0 atom stereocenters. The first-order valence-corrected chi connectivity index (χ1v) is 5.91. The zero-order valence-corrected chi connectivity index (χ0v) is 11.0. The van der Waals surface area contributed by atoms with Crippen molar-refractivity contribution in [2.75, 3.05) is 12.4 Å². The highest BCUT2D eigenvalue weighted by molar-refractivity contribution is 6.07. The number of amides is 1. The molecule has 0 unspecified atom stereocenters. The molecular formula is C14H11FN2O4. The maximum Gasteiger partial charge on any atom is 0.282 e. The van der Waals surface area contributed by atoms with Gasteiger partial charge >= 0.3 is 0 Å². The van der Waals surface area contributed by atoms with Crippen molar-refractivity contribution in [1.82, 2.24) is 0 Å². The maximum absolute atomic E-state index is 13.5. The fraction of sp³-hybridized carbons (Fsp3) is 0.0714. The summed E-state index contributed by atoms with van der Waals surface area (Å²) in [6.07, 6.45) is 0. The van der Waals surface area contributed by atoms with Crippen molar-refractivity contribution in [1.29, 1.82) is 0 Å². The van der Waals surface area contributed by atoms with Gasteiger partial charge in [-0.1, -0.05) is 12.1 Å². The van der Waals surface area contributed by atoms with Gasteiger partial charge < -0.3 is 10.1 Å². The number of rotatable bonds is 4. The van der Waals surface area contributed by atoms with Crippen LogP contribution in [-0.4, -0.2) is 17.9 Å². The summed E-state index contributed by atoms with van der Waals surface area (Å²) < 4.78 is 18.4. The molecule has 2 aromatic carbocycles. The normalized spacial score (nSPS) is 10.0. The highest BCUT2D eigenvalue weighted by Crippen LogP contribution is 2.25. The van der Waals surface area contributed by atoms with Crippen LogP contribution in [0.15, 0.2) is 42.5 Å². The van der Waals surface area contributed by atoms with Crippen molar-refractivity contribution in [2.45, 2.75) is 0 Å². The number of methoxy groups -OCH3 is 1. The molecule has 0 bridgehead atoms. The number of ether oxygens (including phenoxy) is 1. The molecule has 21 heavy (non-hydrogen) atoms. The number of nitrogens with one attached hydrogen (secondary N) is 1. The fourth-order valence-electron chi connectivity index (χ4n) is 1.74. The monoisotopic (exact) mass is 290 g/mol. The Labute approximate surface area is 119 Å². The SMILES string of the molecule is COc1ccc([N+](=O)[O-])c(C(=O)Nc2ccccc2F)c1. The molecular weight excluding hydrogens is 279 g/mol. The lowest BCUT2D eigenvalue weighted by Crippen LogP contribution is -2.15. The second kappa shape index (κ2) is 6.00. The summed E-state index contributed by atoms with van der Waals surface area (Å²) >= 11 is 0. The molecule has 0 spiro atoms. The Hall–Kier alpha value is -2.96. The Morgan fingerprint density at radius 1 is 1.29 bits per heavy atom. The van der Waals surface area contributed by atoms with Gasteiger partial charge in [-0.25, -0.2) is 4.39 Å². The van der Waals surface area contributed by atoms with Gasteiger partial charge in [-0.3, -0.25) is 14.9 Å². The van der Waals surface area contributed by atoms with Gasteiger partial charge in [-0.15, -0.1) is 0 Å². The first-order chi connectivity index (χ1) is 10.0. The zero-order chi connectivity index (χ0) is 15.4. The summed E-state index contributed by atoms with van der Waals surface area (Å²) in [4.78, 5) is 22.4. The smallest absolute Gasteiger partial charge is 0.282 e. The Bertz CT molecular complexity index is 703. The minimum Gasteiger partial charge on any atom is -0.497 e. The van der Waals surface area contributed by atoms with Crippen LogP contribution in [0.1, 0.15) is 10.4 Å². The van der Waals surface area contributed by atoms with Gasteiger partial charge in [0.05, 0.1) is 17.7 Å². The fourth-order valence-corrected chi connectivity index (χ4v) is 1.74. The molecule has 6 nitrogen and oxygen atoms in total. The predicted octanol–water partition coefficient (Wildman–Crippen LogP) is 2.99. The zero-order valence-electron chi connectivity index (χ0n) is 11.0. The Morgan fingerprint density at radius 3 is 2.62 bits per heavy atom. The molecule has 7 heteroatoms. The van der Waals surface area contributed by atoms with E-state index in [1.54, 1.807) is 6.07 Å². The highest BCUT2D eigenvalue weighted by Gasteiger charge is 2.21. The van der Waals surface area contributed by atoms with E-state index in [-0.39, 0.29) is 16.9 Å².